The minimum Gasteiger partial charge on any atom is -0.493 e. The van der Waals surface area contributed by atoms with Crippen LogP contribution in [-0.2, 0) is 0 Å². The molecule has 6 heteroatoms. The zero-order valence-corrected chi connectivity index (χ0v) is 16.5. The van der Waals surface area contributed by atoms with Gasteiger partial charge in [0.15, 0.2) is 17.3 Å². The van der Waals surface area contributed by atoms with Crippen LogP contribution in [0.2, 0.25) is 0 Å². The average Bonchev–Trinajstić information content (AvgIpc) is 3.13. The minimum absolute atomic E-state index is 0.105. The molecule has 2 aromatic carbocycles. The highest BCUT2D eigenvalue weighted by Crippen LogP contribution is 2.39. The van der Waals surface area contributed by atoms with E-state index in [0.29, 0.717) is 27.7 Å². The fraction of sp³-hybridized carbons (Fsp3) is 0.190. The fourth-order valence-electron chi connectivity index (χ4n) is 2.93. The molecule has 0 aliphatic heterocycles. The largest absolute Gasteiger partial charge is 0.493 e. The number of thioether (sulfide) groups is 1. The van der Waals surface area contributed by atoms with Gasteiger partial charge in [0.05, 0.1) is 26.2 Å². The lowest BCUT2D eigenvalue weighted by Crippen LogP contribution is -2.04. The van der Waals surface area contributed by atoms with Gasteiger partial charge in [-0.25, -0.2) is 0 Å². The van der Waals surface area contributed by atoms with Crippen molar-refractivity contribution in [2.45, 2.75) is 0 Å². The summed E-state index contributed by atoms with van der Waals surface area (Å²) in [5.74, 6) is 1.26. The predicted octanol–water partition coefficient (Wildman–Crippen LogP) is 4.78. The van der Waals surface area contributed by atoms with Crippen molar-refractivity contribution in [2.24, 2.45) is 0 Å². The molecular formula is C21H21NO4S. The van der Waals surface area contributed by atoms with E-state index in [1.54, 1.807) is 12.1 Å². The zero-order chi connectivity index (χ0) is 19.4. The van der Waals surface area contributed by atoms with Crippen molar-refractivity contribution in [3.05, 3.63) is 58.6 Å². The molecule has 1 aromatic heterocycles. The van der Waals surface area contributed by atoms with Crippen molar-refractivity contribution in [2.75, 3.05) is 27.6 Å². The number of hydrogen-bond acceptors (Lipinski definition) is 5. The number of nitrogens with one attached hydrogen (secondary N) is 1. The van der Waals surface area contributed by atoms with Crippen molar-refractivity contribution in [3.8, 4) is 17.2 Å². The molecule has 0 spiro atoms. The SMILES string of the molecule is COc1cc(C(=O)/C(=C\c2c[nH]c3ccccc23)SC)cc(OC)c1OC. The molecular weight excluding hydrogens is 362 g/mol. The molecule has 0 atom stereocenters. The van der Waals surface area contributed by atoms with E-state index in [1.807, 2.05) is 42.8 Å². The van der Waals surface area contributed by atoms with E-state index in [2.05, 4.69) is 4.98 Å². The first-order valence-electron chi connectivity index (χ1n) is 8.29. The number of carbonyl (C=O) groups excluding carboxylic acids is 1. The van der Waals surface area contributed by atoms with Gasteiger partial charge in [0.1, 0.15) is 0 Å². The molecule has 0 bridgehead atoms. The van der Waals surface area contributed by atoms with E-state index < -0.39 is 0 Å². The van der Waals surface area contributed by atoms with Gasteiger partial charge in [-0.05, 0) is 30.5 Å². The molecule has 0 radical (unpaired) electrons. The van der Waals surface area contributed by atoms with E-state index in [-0.39, 0.29) is 5.78 Å². The van der Waals surface area contributed by atoms with Crippen molar-refractivity contribution >= 4 is 34.5 Å². The van der Waals surface area contributed by atoms with Gasteiger partial charge in [0, 0.05) is 28.2 Å². The van der Waals surface area contributed by atoms with Crippen molar-refractivity contribution in [1.29, 1.82) is 0 Å². The Hall–Kier alpha value is -2.86. The average molecular weight is 383 g/mol. The lowest BCUT2D eigenvalue weighted by Gasteiger charge is -2.14. The molecule has 3 rings (SSSR count). The number of para-hydroxylation sites is 1. The Balaban J connectivity index is 2.05. The van der Waals surface area contributed by atoms with Gasteiger partial charge < -0.3 is 19.2 Å². The first-order chi connectivity index (χ1) is 13.1. The Kier molecular flexibility index (Phi) is 5.76. The molecule has 0 aliphatic carbocycles. The van der Waals surface area contributed by atoms with Gasteiger partial charge in [-0.1, -0.05) is 18.2 Å². The third kappa shape index (κ3) is 3.66. The molecule has 5 nitrogen and oxygen atoms in total. The second kappa shape index (κ2) is 8.22. The van der Waals surface area contributed by atoms with Crippen LogP contribution in [-0.4, -0.2) is 38.4 Å². The number of carbonyl (C=O) groups is 1. The number of aromatic nitrogens is 1. The van der Waals surface area contributed by atoms with E-state index in [1.165, 1.54) is 33.1 Å². The highest BCUT2D eigenvalue weighted by Gasteiger charge is 2.19. The molecule has 0 saturated carbocycles. The Morgan fingerprint density at radius 3 is 2.30 bits per heavy atom. The van der Waals surface area contributed by atoms with Gasteiger partial charge in [0.2, 0.25) is 5.75 Å². The molecule has 1 heterocycles. The number of ketones is 1. The van der Waals surface area contributed by atoms with E-state index in [0.717, 1.165) is 16.5 Å². The lowest BCUT2D eigenvalue weighted by atomic mass is 10.1. The van der Waals surface area contributed by atoms with E-state index >= 15 is 0 Å². The maximum Gasteiger partial charge on any atom is 0.203 e. The van der Waals surface area contributed by atoms with Crippen LogP contribution in [0.5, 0.6) is 17.2 Å². The van der Waals surface area contributed by atoms with Crippen LogP contribution in [0.3, 0.4) is 0 Å². The Morgan fingerprint density at radius 2 is 1.70 bits per heavy atom. The fourth-order valence-corrected chi connectivity index (χ4v) is 3.47. The molecule has 0 aliphatic rings. The maximum absolute atomic E-state index is 13.1. The number of allylic oxidation sites excluding steroid dienone is 1. The van der Waals surface area contributed by atoms with Crippen LogP contribution < -0.4 is 14.2 Å². The summed E-state index contributed by atoms with van der Waals surface area (Å²) in [5.41, 5.74) is 2.48. The summed E-state index contributed by atoms with van der Waals surface area (Å²) in [7, 11) is 4.59. The number of rotatable bonds is 7. The summed E-state index contributed by atoms with van der Waals surface area (Å²) in [6.07, 6.45) is 5.69. The third-order valence-corrected chi connectivity index (χ3v) is 5.02. The van der Waals surface area contributed by atoms with Gasteiger partial charge in [-0.3, -0.25) is 4.79 Å². The Bertz CT molecular complexity index is 981. The second-order valence-electron chi connectivity index (χ2n) is 5.75. The molecule has 1 N–H and O–H groups in total. The zero-order valence-electron chi connectivity index (χ0n) is 15.7. The number of aromatic amines is 1. The first kappa shape index (κ1) is 18.9. The quantitative estimate of drug-likeness (QED) is 0.470. The Morgan fingerprint density at radius 1 is 1.04 bits per heavy atom. The van der Waals surface area contributed by atoms with Gasteiger partial charge >= 0.3 is 0 Å². The highest BCUT2D eigenvalue weighted by molar-refractivity contribution is 8.03. The van der Waals surface area contributed by atoms with Crippen LogP contribution in [0, 0.1) is 0 Å². The summed E-state index contributed by atoms with van der Waals surface area (Å²) < 4.78 is 16.0. The molecule has 3 aromatic rings. The van der Waals surface area contributed by atoms with Crippen molar-refractivity contribution in [1.82, 2.24) is 4.98 Å². The van der Waals surface area contributed by atoms with Crippen LogP contribution in [0.1, 0.15) is 15.9 Å². The summed E-state index contributed by atoms with van der Waals surface area (Å²) in [6.45, 7) is 0. The maximum atomic E-state index is 13.1. The summed E-state index contributed by atoms with van der Waals surface area (Å²) in [6, 6.07) is 11.3. The number of ether oxygens (including phenoxy) is 3. The highest BCUT2D eigenvalue weighted by atomic mass is 32.2. The number of methoxy groups -OCH3 is 3. The van der Waals surface area contributed by atoms with E-state index in [4.69, 9.17) is 14.2 Å². The monoisotopic (exact) mass is 383 g/mol. The normalized spacial score (nSPS) is 11.5. The molecule has 0 amide bonds. The van der Waals surface area contributed by atoms with Gasteiger partial charge in [-0.15, -0.1) is 11.8 Å². The molecule has 27 heavy (non-hydrogen) atoms. The second-order valence-corrected chi connectivity index (χ2v) is 6.59. The van der Waals surface area contributed by atoms with Crippen molar-refractivity contribution in [3.63, 3.8) is 0 Å². The predicted molar refractivity (Wildman–Crippen MR) is 110 cm³/mol. The summed E-state index contributed by atoms with van der Waals surface area (Å²) in [4.78, 5) is 17.0. The lowest BCUT2D eigenvalue weighted by molar-refractivity contribution is 0.104. The van der Waals surface area contributed by atoms with Crippen LogP contribution in [0.4, 0.5) is 0 Å². The van der Waals surface area contributed by atoms with Crippen molar-refractivity contribution < 1.29 is 19.0 Å². The van der Waals surface area contributed by atoms with Crippen LogP contribution in [0.15, 0.2) is 47.5 Å². The third-order valence-electron chi connectivity index (χ3n) is 4.28. The molecule has 140 valence electrons. The number of H-pyrrole nitrogens is 1. The van der Waals surface area contributed by atoms with Crippen LogP contribution >= 0.6 is 11.8 Å². The summed E-state index contributed by atoms with van der Waals surface area (Å²) in [5, 5.41) is 1.07. The smallest absolute Gasteiger partial charge is 0.203 e. The Labute approximate surface area is 162 Å². The topological polar surface area (TPSA) is 60.6 Å². The minimum atomic E-state index is -0.105. The number of hydrogen-bond donors (Lipinski definition) is 1. The molecule has 0 fully saturated rings. The van der Waals surface area contributed by atoms with Gasteiger partial charge in [-0.2, -0.15) is 0 Å². The van der Waals surface area contributed by atoms with Gasteiger partial charge in [0.25, 0.3) is 0 Å². The molecule has 0 unspecified atom stereocenters. The number of Topliss-reactive ketones (excluding diaryl/α,β-unsaturated/α-hetero) is 1. The standard InChI is InChI=1S/C21H21NO4S/c1-24-17-9-13(10-18(25-2)21(17)26-3)20(23)19(27-4)11-14-12-22-16-8-6-5-7-15(14)16/h5-12,22H,1-4H3/b19-11+. The summed E-state index contributed by atoms with van der Waals surface area (Å²) >= 11 is 1.40. The number of fused-ring (bicyclic) bond motifs is 1. The van der Waals surface area contributed by atoms with Crippen LogP contribution in [0.25, 0.3) is 17.0 Å². The number of benzene rings is 2. The van der Waals surface area contributed by atoms with E-state index in [9.17, 15) is 4.79 Å². The molecule has 0 saturated heterocycles. The first-order valence-corrected chi connectivity index (χ1v) is 9.52.